The van der Waals surface area contributed by atoms with E-state index in [2.05, 4.69) is 10.3 Å². The Morgan fingerprint density at radius 1 is 1.22 bits per heavy atom. The lowest BCUT2D eigenvalue weighted by Crippen LogP contribution is -2.42. The van der Waals surface area contributed by atoms with Crippen LogP contribution in [0, 0.1) is 10.1 Å². The quantitative estimate of drug-likeness (QED) is 0.560. The van der Waals surface area contributed by atoms with Crippen LogP contribution in [-0.2, 0) is 0 Å². The number of benzene rings is 1. The number of nitro benzene ring substituents is 1. The number of aromatic nitrogens is 1. The Morgan fingerprint density at radius 3 is 2.74 bits per heavy atom. The first-order valence-corrected chi connectivity index (χ1v) is 8.75. The number of anilines is 1. The number of non-ortho nitro benzene ring substituents is 1. The zero-order valence-corrected chi connectivity index (χ0v) is 14.5. The number of fused-ring (bicyclic) bond motifs is 1. The molecule has 4 rings (SSSR count). The van der Waals surface area contributed by atoms with E-state index in [9.17, 15) is 14.9 Å². The summed E-state index contributed by atoms with van der Waals surface area (Å²) < 4.78 is 5.18. The highest BCUT2D eigenvalue weighted by Gasteiger charge is 2.25. The summed E-state index contributed by atoms with van der Waals surface area (Å²) in [5, 5.41) is 15.2. The third kappa shape index (κ3) is 3.33. The second kappa shape index (κ2) is 7.06. The molecule has 1 amide bonds. The van der Waals surface area contributed by atoms with Gasteiger partial charge in [0.2, 0.25) is 0 Å². The van der Waals surface area contributed by atoms with Crippen molar-refractivity contribution in [3.63, 3.8) is 0 Å². The summed E-state index contributed by atoms with van der Waals surface area (Å²) in [6.45, 7) is 1.24. The first kappa shape index (κ1) is 17.0. The predicted molar refractivity (Wildman–Crippen MR) is 99.7 cm³/mol. The average Bonchev–Trinajstić information content (AvgIpc) is 3.23. The number of amides is 1. The molecule has 0 aliphatic carbocycles. The second-order valence-corrected chi connectivity index (χ2v) is 6.48. The van der Waals surface area contributed by atoms with Gasteiger partial charge in [0, 0.05) is 31.4 Å². The smallest absolute Gasteiger partial charge is 0.289 e. The minimum atomic E-state index is -0.396. The number of nitrogens with zero attached hydrogens (tertiary/aromatic N) is 3. The predicted octanol–water partition coefficient (Wildman–Crippen LogP) is 3.45. The van der Waals surface area contributed by atoms with Crippen molar-refractivity contribution in [2.75, 3.05) is 18.4 Å². The molecular formula is C19H18N4O4. The summed E-state index contributed by atoms with van der Waals surface area (Å²) >= 11 is 0. The number of carbonyl (C=O) groups excluding carboxylic acids is 1. The van der Waals surface area contributed by atoms with Crippen molar-refractivity contribution in [1.29, 1.82) is 0 Å². The number of furan rings is 1. The number of pyridine rings is 1. The van der Waals surface area contributed by atoms with Gasteiger partial charge in [-0.1, -0.05) is 0 Å². The van der Waals surface area contributed by atoms with Gasteiger partial charge in [-0.3, -0.25) is 19.9 Å². The molecule has 0 bridgehead atoms. The largest absolute Gasteiger partial charge is 0.459 e. The van der Waals surface area contributed by atoms with Crippen LogP contribution in [0.15, 0.2) is 53.3 Å². The molecule has 3 aromatic rings. The number of hydrogen-bond donors (Lipinski definition) is 1. The van der Waals surface area contributed by atoms with E-state index in [1.165, 1.54) is 12.3 Å². The number of piperidine rings is 1. The van der Waals surface area contributed by atoms with Crippen molar-refractivity contribution in [2.24, 2.45) is 0 Å². The molecule has 27 heavy (non-hydrogen) atoms. The fourth-order valence-corrected chi connectivity index (χ4v) is 3.44. The van der Waals surface area contributed by atoms with Crippen LogP contribution < -0.4 is 5.32 Å². The standard InChI is InChI=1S/C19H18N4O4/c24-19(17-4-2-12-27-17)22-10-7-13(8-11-22)21-15-5-6-16(23(25)26)14-3-1-9-20-18(14)15/h1-6,9,12-13,21H,7-8,10-11H2. The Kier molecular flexibility index (Phi) is 4.45. The summed E-state index contributed by atoms with van der Waals surface area (Å²) in [6, 6.07) is 10.1. The van der Waals surface area contributed by atoms with E-state index in [1.54, 1.807) is 41.4 Å². The Hall–Kier alpha value is -3.42. The topological polar surface area (TPSA) is 102 Å². The van der Waals surface area contributed by atoms with Crippen LogP contribution in [0.4, 0.5) is 11.4 Å². The monoisotopic (exact) mass is 366 g/mol. The number of hydrogen-bond acceptors (Lipinski definition) is 6. The molecule has 1 fully saturated rings. The summed E-state index contributed by atoms with van der Waals surface area (Å²) in [5.74, 6) is 0.257. The maximum absolute atomic E-state index is 12.3. The second-order valence-electron chi connectivity index (χ2n) is 6.48. The van der Waals surface area contributed by atoms with Gasteiger partial charge in [0.05, 0.1) is 22.3 Å². The zero-order chi connectivity index (χ0) is 18.8. The van der Waals surface area contributed by atoms with Crippen LogP contribution in [0.25, 0.3) is 10.9 Å². The van der Waals surface area contributed by atoms with Gasteiger partial charge in [0.25, 0.3) is 11.6 Å². The molecule has 0 spiro atoms. The fraction of sp³-hybridized carbons (Fsp3) is 0.263. The first-order chi connectivity index (χ1) is 13.1. The molecule has 0 unspecified atom stereocenters. The van der Waals surface area contributed by atoms with Crippen LogP contribution in [0.5, 0.6) is 0 Å². The summed E-state index contributed by atoms with van der Waals surface area (Å²) in [6.07, 6.45) is 4.67. The van der Waals surface area contributed by atoms with Crippen molar-refractivity contribution in [3.05, 3.63) is 64.7 Å². The average molecular weight is 366 g/mol. The van der Waals surface area contributed by atoms with Crippen LogP contribution in [0.2, 0.25) is 0 Å². The van der Waals surface area contributed by atoms with E-state index in [4.69, 9.17) is 4.42 Å². The highest BCUT2D eigenvalue weighted by molar-refractivity contribution is 5.96. The Labute approximate surface area is 154 Å². The van der Waals surface area contributed by atoms with Gasteiger partial charge in [-0.25, -0.2) is 0 Å². The van der Waals surface area contributed by atoms with Gasteiger partial charge in [0.15, 0.2) is 5.76 Å². The summed E-state index contributed by atoms with van der Waals surface area (Å²) in [5.41, 5.74) is 1.40. The van der Waals surface area contributed by atoms with Crippen molar-refractivity contribution in [3.8, 4) is 0 Å². The Morgan fingerprint density at radius 2 is 2.04 bits per heavy atom. The van der Waals surface area contributed by atoms with Gasteiger partial charge in [-0.15, -0.1) is 0 Å². The van der Waals surface area contributed by atoms with Gasteiger partial charge < -0.3 is 14.6 Å². The molecule has 1 N–H and O–H groups in total. The molecule has 1 aliphatic heterocycles. The number of nitro groups is 1. The molecule has 8 nitrogen and oxygen atoms in total. The van der Waals surface area contributed by atoms with E-state index in [0.717, 1.165) is 18.5 Å². The summed E-state index contributed by atoms with van der Waals surface area (Å²) in [7, 11) is 0. The van der Waals surface area contributed by atoms with Crippen LogP contribution in [-0.4, -0.2) is 39.8 Å². The highest BCUT2D eigenvalue weighted by Crippen LogP contribution is 2.31. The third-order valence-electron chi connectivity index (χ3n) is 4.82. The first-order valence-electron chi connectivity index (χ1n) is 8.75. The molecule has 3 heterocycles. The lowest BCUT2D eigenvalue weighted by molar-refractivity contribution is -0.383. The van der Waals surface area contributed by atoms with E-state index >= 15 is 0 Å². The molecular weight excluding hydrogens is 348 g/mol. The molecule has 0 saturated carbocycles. The Balaban J connectivity index is 1.47. The lowest BCUT2D eigenvalue weighted by Gasteiger charge is -2.32. The Bertz CT molecular complexity index is 979. The molecule has 138 valence electrons. The van der Waals surface area contributed by atoms with Crippen molar-refractivity contribution >= 4 is 28.2 Å². The minimum Gasteiger partial charge on any atom is -0.459 e. The molecule has 2 aromatic heterocycles. The van der Waals surface area contributed by atoms with E-state index in [0.29, 0.717) is 29.8 Å². The van der Waals surface area contributed by atoms with Crippen molar-refractivity contribution in [2.45, 2.75) is 18.9 Å². The third-order valence-corrected chi connectivity index (χ3v) is 4.82. The molecule has 0 atom stereocenters. The fourth-order valence-electron chi connectivity index (χ4n) is 3.44. The lowest BCUT2D eigenvalue weighted by atomic mass is 10.0. The normalized spacial score (nSPS) is 15.0. The van der Waals surface area contributed by atoms with Crippen LogP contribution in [0.3, 0.4) is 0 Å². The summed E-state index contributed by atoms with van der Waals surface area (Å²) in [4.78, 5) is 29.3. The maximum Gasteiger partial charge on any atom is 0.289 e. The van der Waals surface area contributed by atoms with Crippen LogP contribution >= 0.6 is 0 Å². The highest BCUT2D eigenvalue weighted by atomic mass is 16.6. The minimum absolute atomic E-state index is 0.0440. The van der Waals surface area contributed by atoms with Crippen LogP contribution in [0.1, 0.15) is 23.4 Å². The molecule has 8 heteroatoms. The SMILES string of the molecule is O=C(c1ccco1)N1CCC(Nc2ccc([N+](=O)[O-])c3cccnc23)CC1. The molecule has 1 aromatic carbocycles. The maximum atomic E-state index is 12.3. The molecule has 0 radical (unpaired) electrons. The molecule has 1 saturated heterocycles. The van der Waals surface area contributed by atoms with Crippen molar-refractivity contribution < 1.29 is 14.1 Å². The van der Waals surface area contributed by atoms with Gasteiger partial charge in [-0.2, -0.15) is 0 Å². The molecule has 1 aliphatic rings. The number of rotatable bonds is 4. The number of carbonyl (C=O) groups is 1. The van der Waals surface area contributed by atoms with E-state index < -0.39 is 4.92 Å². The number of likely N-dealkylation sites (tertiary alicyclic amines) is 1. The van der Waals surface area contributed by atoms with Crippen molar-refractivity contribution in [1.82, 2.24) is 9.88 Å². The van der Waals surface area contributed by atoms with Gasteiger partial charge in [0.1, 0.15) is 5.52 Å². The van der Waals surface area contributed by atoms with E-state index in [-0.39, 0.29) is 17.6 Å². The van der Waals surface area contributed by atoms with Gasteiger partial charge >= 0.3 is 0 Å². The zero-order valence-electron chi connectivity index (χ0n) is 14.5. The van der Waals surface area contributed by atoms with Gasteiger partial charge in [-0.05, 0) is 43.2 Å². The number of nitrogens with one attached hydrogen (secondary N) is 1. The van der Waals surface area contributed by atoms with E-state index in [1.807, 2.05) is 0 Å².